The van der Waals surface area contributed by atoms with Crippen molar-refractivity contribution in [2.24, 2.45) is 0 Å². The molecule has 0 atom stereocenters. The Labute approximate surface area is 84.1 Å². The van der Waals surface area contributed by atoms with E-state index in [2.05, 4.69) is 15.6 Å². The highest BCUT2D eigenvalue weighted by Gasteiger charge is 1.98. The van der Waals surface area contributed by atoms with Crippen LogP contribution in [0.1, 0.15) is 18.9 Å². The average molecular weight is 195 g/mol. The SMILES string of the molecule is CCNC(=O)CCNCc1cc[nH]c1. The molecular formula is C10H17N3O. The van der Waals surface area contributed by atoms with Crippen LogP contribution in [0.4, 0.5) is 0 Å². The van der Waals surface area contributed by atoms with Crippen molar-refractivity contribution >= 4 is 5.91 Å². The van der Waals surface area contributed by atoms with Crippen LogP contribution in [0.2, 0.25) is 0 Å². The molecule has 0 aromatic carbocycles. The molecule has 1 rings (SSSR count). The summed E-state index contributed by atoms with van der Waals surface area (Å²) < 4.78 is 0. The van der Waals surface area contributed by atoms with E-state index in [1.165, 1.54) is 5.56 Å². The van der Waals surface area contributed by atoms with Gasteiger partial charge in [0, 0.05) is 38.4 Å². The van der Waals surface area contributed by atoms with E-state index in [9.17, 15) is 4.79 Å². The van der Waals surface area contributed by atoms with Crippen molar-refractivity contribution in [3.05, 3.63) is 24.0 Å². The summed E-state index contributed by atoms with van der Waals surface area (Å²) in [6.07, 6.45) is 4.37. The lowest BCUT2D eigenvalue weighted by atomic mass is 10.3. The number of aromatic nitrogens is 1. The number of H-pyrrole nitrogens is 1. The molecule has 0 saturated carbocycles. The monoisotopic (exact) mass is 195 g/mol. The number of rotatable bonds is 6. The zero-order valence-electron chi connectivity index (χ0n) is 8.47. The number of aromatic amines is 1. The molecule has 1 heterocycles. The van der Waals surface area contributed by atoms with Gasteiger partial charge in [0.25, 0.3) is 0 Å². The van der Waals surface area contributed by atoms with Crippen LogP contribution < -0.4 is 10.6 Å². The first-order chi connectivity index (χ1) is 6.83. The van der Waals surface area contributed by atoms with Crippen LogP contribution in [0.3, 0.4) is 0 Å². The van der Waals surface area contributed by atoms with Crippen LogP contribution in [0.25, 0.3) is 0 Å². The Morgan fingerprint density at radius 2 is 2.43 bits per heavy atom. The van der Waals surface area contributed by atoms with Gasteiger partial charge in [0.15, 0.2) is 0 Å². The van der Waals surface area contributed by atoms with Gasteiger partial charge in [0.05, 0.1) is 0 Å². The summed E-state index contributed by atoms with van der Waals surface area (Å²) in [7, 11) is 0. The Hall–Kier alpha value is -1.29. The summed E-state index contributed by atoms with van der Waals surface area (Å²) in [5, 5.41) is 5.95. The molecule has 1 aromatic heterocycles. The number of amides is 1. The van der Waals surface area contributed by atoms with E-state index < -0.39 is 0 Å². The van der Waals surface area contributed by atoms with Gasteiger partial charge in [-0.2, -0.15) is 0 Å². The van der Waals surface area contributed by atoms with Crippen LogP contribution in [0, 0.1) is 0 Å². The molecule has 1 aromatic rings. The van der Waals surface area contributed by atoms with Crippen molar-refractivity contribution in [1.29, 1.82) is 0 Å². The second-order valence-corrected chi connectivity index (χ2v) is 3.10. The lowest BCUT2D eigenvalue weighted by molar-refractivity contribution is -0.120. The zero-order valence-corrected chi connectivity index (χ0v) is 8.47. The number of nitrogens with one attached hydrogen (secondary N) is 3. The van der Waals surface area contributed by atoms with E-state index in [0.29, 0.717) is 13.0 Å². The number of hydrogen-bond acceptors (Lipinski definition) is 2. The maximum absolute atomic E-state index is 11.0. The van der Waals surface area contributed by atoms with E-state index in [1.807, 2.05) is 25.4 Å². The predicted octanol–water partition coefficient (Wildman–Crippen LogP) is 0.630. The predicted molar refractivity (Wildman–Crippen MR) is 55.8 cm³/mol. The normalized spacial score (nSPS) is 10.1. The third kappa shape index (κ3) is 4.09. The molecule has 0 radical (unpaired) electrons. The van der Waals surface area contributed by atoms with Crippen LogP contribution in [0.15, 0.2) is 18.5 Å². The number of carbonyl (C=O) groups is 1. The molecule has 0 fully saturated rings. The topological polar surface area (TPSA) is 56.9 Å². The minimum absolute atomic E-state index is 0.106. The fourth-order valence-corrected chi connectivity index (χ4v) is 1.19. The highest BCUT2D eigenvalue weighted by molar-refractivity contribution is 5.75. The third-order valence-corrected chi connectivity index (χ3v) is 1.89. The second-order valence-electron chi connectivity index (χ2n) is 3.10. The van der Waals surface area contributed by atoms with Crippen molar-refractivity contribution in [1.82, 2.24) is 15.6 Å². The first-order valence-electron chi connectivity index (χ1n) is 4.92. The second kappa shape index (κ2) is 6.21. The van der Waals surface area contributed by atoms with E-state index in [0.717, 1.165) is 13.1 Å². The summed E-state index contributed by atoms with van der Waals surface area (Å²) in [6, 6.07) is 2.01. The lowest BCUT2D eigenvalue weighted by Crippen LogP contribution is -2.27. The van der Waals surface area contributed by atoms with Gasteiger partial charge in [0.2, 0.25) is 5.91 Å². The largest absolute Gasteiger partial charge is 0.367 e. The van der Waals surface area contributed by atoms with E-state index in [4.69, 9.17) is 0 Å². The zero-order chi connectivity index (χ0) is 10.2. The molecule has 0 unspecified atom stereocenters. The summed E-state index contributed by atoms with van der Waals surface area (Å²) in [5.74, 6) is 0.106. The number of carbonyl (C=O) groups excluding carboxylic acids is 1. The first-order valence-corrected chi connectivity index (χ1v) is 4.92. The first kappa shape index (κ1) is 10.8. The minimum Gasteiger partial charge on any atom is -0.367 e. The standard InChI is InChI=1S/C10H17N3O/c1-2-13-10(14)4-6-12-8-9-3-5-11-7-9/h3,5,7,11-12H,2,4,6,8H2,1H3,(H,13,14). The highest BCUT2D eigenvalue weighted by atomic mass is 16.1. The van der Waals surface area contributed by atoms with Crippen LogP contribution in [-0.2, 0) is 11.3 Å². The van der Waals surface area contributed by atoms with Crippen molar-refractivity contribution in [2.75, 3.05) is 13.1 Å². The molecule has 0 bridgehead atoms. The van der Waals surface area contributed by atoms with E-state index >= 15 is 0 Å². The molecule has 1 amide bonds. The van der Waals surface area contributed by atoms with Gasteiger partial charge >= 0.3 is 0 Å². The molecule has 4 nitrogen and oxygen atoms in total. The smallest absolute Gasteiger partial charge is 0.221 e. The van der Waals surface area contributed by atoms with Gasteiger partial charge < -0.3 is 15.6 Å². The molecule has 0 saturated heterocycles. The summed E-state index contributed by atoms with van der Waals surface area (Å²) in [5.41, 5.74) is 1.21. The fraction of sp³-hybridized carbons (Fsp3) is 0.500. The molecular weight excluding hydrogens is 178 g/mol. The van der Waals surface area contributed by atoms with Crippen molar-refractivity contribution in [3.8, 4) is 0 Å². The highest BCUT2D eigenvalue weighted by Crippen LogP contribution is 1.94. The maximum Gasteiger partial charge on any atom is 0.221 e. The van der Waals surface area contributed by atoms with Crippen molar-refractivity contribution < 1.29 is 4.79 Å². The van der Waals surface area contributed by atoms with Gasteiger partial charge in [0.1, 0.15) is 0 Å². The van der Waals surface area contributed by atoms with Gasteiger partial charge in [-0.05, 0) is 18.6 Å². The Morgan fingerprint density at radius 3 is 3.07 bits per heavy atom. The van der Waals surface area contributed by atoms with Crippen LogP contribution >= 0.6 is 0 Å². The molecule has 3 N–H and O–H groups in total. The Kier molecular flexibility index (Phi) is 4.78. The summed E-state index contributed by atoms with van der Waals surface area (Å²) >= 11 is 0. The third-order valence-electron chi connectivity index (χ3n) is 1.89. The molecule has 0 aliphatic carbocycles. The summed E-state index contributed by atoms with van der Waals surface area (Å²) in [4.78, 5) is 14.0. The molecule has 4 heteroatoms. The fourth-order valence-electron chi connectivity index (χ4n) is 1.19. The molecule has 0 spiro atoms. The number of hydrogen-bond donors (Lipinski definition) is 3. The van der Waals surface area contributed by atoms with Crippen molar-refractivity contribution in [2.45, 2.75) is 19.9 Å². The lowest BCUT2D eigenvalue weighted by Gasteiger charge is -2.03. The van der Waals surface area contributed by atoms with Gasteiger partial charge in [-0.25, -0.2) is 0 Å². The molecule has 14 heavy (non-hydrogen) atoms. The molecule has 0 aliphatic heterocycles. The minimum atomic E-state index is 0.106. The van der Waals surface area contributed by atoms with Gasteiger partial charge in [-0.1, -0.05) is 0 Å². The Morgan fingerprint density at radius 1 is 1.57 bits per heavy atom. The van der Waals surface area contributed by atoms with Crippen LogP contribution in [0.5, 0.6) is 0 Å². The molecule has 78 valence electrons. The Balaban J connectivity index is 2.02. The van der Waals surface area contributed by atoms with Gasteiger partial charge in [-0.15, -0.1) is 0 Å². The van der Waals surface area contributed by atoms with E-state index in [-0.39, 0.29) is 5.91 Å². The molecule has 0 aliphatic rings. The summed E-state index contributed by atoms with van der Waals surface area (Å²) in [6.45, 7) is 4.15. The van der Waals surface area contributed by atoms with E-state index in [1.54, 1.807) is 0 Å². The van der Waals surface area contributed by atoms with Crippen molar-refractivity contribution in [3.63, 3.8) is 0 Å². The van der Waals surface area contributed by atoms with Gasteiger partial charge in [-0.3, -0.25) is 4.79 Å². The average Bonchev–Trinajstić information content (AvgIpc) is 2.65. The Bertz CT molecular complexity index is 256. The van der Waals surface area contributed by atoms with Crippen LogP contribution in [-0.4, -0.2) is 24.0 Å². The quantitative estimate of drug-likeness (QED) is 0.583. The maximum atomic E-state index is 11.0.